The quantitative estimate of drug-likeness (QED) is 0.347. The smallest absolute Gasteiger partial charge is 0.269 e. The summed E-state index contributed by atoms with van der Waals surface area (Å²) in [5, 5.41) is 19.6. The van der Waals surface area contributed by atoms with E-state index in [2.05, 4.69) is 4.90 Å². The van der Waals surface area contributed by atoms with E-state index < -0.39 is 5.91 Å². The maximum Gasteiger partial charge on any atom is 0.269 e. The van der Waals surface area contributed by atoms with Crippen LogP contribution < -0.4 is 4.90 Å². The minimum absolute atomic E-state index is 0.0378. The number of hydroxylamine groups is 2. The number of carbonyl (C=O) groups is 1. The summed E-state index contributed by atoms with van der Waals surface area (Å²) in [5.41, 5.74) is 5.21. The van der Waals surface area contributed by atoms with Crippen molar-refractivity contribution in [2.75, 3.05) is 18.5 Å². The van der Waals surface area contributed by atoms with Crippen LogP contribution in [0.5, 0.6) is 5.75 Å². The van der Waals surface area contributed by atoms with Gasteiger partial charge in [-0.1, -0.05) is 30.3 Å². The lowest BCUT2D eigenvalue weighted by Crippen LogP contribution is -2.36. The summed E-state index contributed by atoms with van der Waals surface area (Å²) in [4.78, 5) is 13.8. The normalized spacial score (nSPS) is 15.6. The number of hydrogen-bond donors (Lipinski definition) is 2. The lowest BCUT2D eigenvalue weighted by molar-refractivity contribution is -0.153. The number of amides is 1. The molecule has 0 bridgehead atoms. The Morgan fingerprint density at radius 1 is 1.12 bits per heavy atom. The number of fused-ring (bicyclic) bond motifs is 1. The minimum atomic E-state index is -0.494. The van der Waals surface area contributed by atoms with Crippen LogP contribution in [0.3, 0.4) is 0 Å². The van der Waals surface area contributed by atoms with Crippen molar-refractivity contribution in [2.45, 2.75) is 18.9 Å². The summed E-state index contributed by atoms with van der Waals surface area (Å²) in [5.74, 6) is -0.495. The van der Waals surface area contributed by atoms with E-state index in [1.807, 2.05) is 36.4 Å². The predicted molar refractivity (Wildman–Crippen MR) is 122 cm³/mol. The van der Waals surface area contributed by atoms with E-state index >= 15 is 0 Å². The number of hydrogen-bond acceptors (Lipinski definition) is 4. The van der Waals surface area contributed by atoms with Gasteiger partial charge >= 0.3 is 0 Å². The number of likely N-dealkylation sites (N-methyl/N-ethyl adjacent to an activating group) is 1. The van der Waals surface area contributed by atoms with Crippen LogP contribution in [0.1, 0.15) is 28.3 Å². The molecule has 3 aromatic rings. The number of rotatable bonds is 5. The molecule has 1 atom stereocenters. The number of halogens is 1. The fourth-order valence-corrected chi connectivity index (χ4v) is 4.12. The minimum Gasteiger partial charge on any atom is -0.508 e. The fourth-order valence-electron chi connectivity index (χ4n) is 4.12. The fraction of sp³-hybridized carbons (Fsp3) is 0.192. The Balaban J connectivity index is 1.61. The Kier molecular flexibility index (Phi) is 6.23. The standard InChI is InChI=1S/C26H25FN2O3/c1-28(32)26(31)13-6-18-2-4-19(5-3-18)16-25-24-12-11-23(30)17-20(24)14-15-29(25)22-9-7-21(27)8-10-22/h2-13,17,25,30,32H,14-16H2,1H3/b13-6+. The Hall–Kier alpha value is -3.64. The number of phenolic OH excluding ortho intramolecular Hbond substituents is 1. The number of nitrogens with zero attached hydrogens (tertiary/aromatic N) is 2. The van der Waals surface area contributed by atoms with Crippen LogP contribution in [0.25, 0.3) is 6.08 Å². The topological polar surface area (TPSA) is 64.0 Å². The number of carbonyl (C=O) groups excluding carboxylic acids is 1. The third-order valence-electron chi connectivity index (χ3n) is 5.79. The molecule has 6 heteroatoms. The van der Waals surface area contributed by atoms with E-state index in [4.69, 9.17) is 5.21 Å². The molecule has 0 radical (unpaired) electrons. The first kappa shape index (κ1) is 21.6. The van der Waals surface area contributed by atoms with Crippen LogP contribution in [0.2, 0.25) is 0 Å². The largest absolute Gasteiger partial charge is 0.508 e. The molecule has 1 heterocycles. The van der Waals surface area contributed by atoms with E-state index in [1.54, 1.807) is 24.3 Å². The molecule has 1 unspecified atom stereocenters. The highest BCUT2D eigenvalue weighted by atomic mass is 19.1. The Labute approximate surface area is 186 Å². The van der Waals surface area contributed by atoms with Crippen molar-refractivity contribution in [3.63, 3.8) is 0 Å². The SMILES string of the molecule is CN(O)C(=O)/C=C/c1ccc(CC2c3ccc(O)cc3CCN2c2ccc(F)cc2)cc1. The first-order valence-electron chi connectivity index (χ1n) is 10.5. The zero-order valence-electron chi connectivity index (χ0n) is 17.8. The van der Waals surface area contributed by atoms with E-state index in [0.717, 1.165) is 47.3 Å². The maximum absolute atomic E-state index is 13.5. The number of phenols is 1. The molecule has 164 valence electrons. The Bertz CT molecular complexity index is 1120. The van der Waals surface area contributed by atoms with Gasteiger partial charge in [-0.3, -0.25) is 10.0 Å². The second-order valence-electron chi connectivity index (χ2n) is 7.96. The van der Waals surface area contributed by atoms with Gasteiger partial charge in [0, 0.05) is 25.4 Å². The first-order valence-corrected chi connectivity index (χ1v) is 10.5. The highest BCUT2D eigenvalue weighted by Crippen LogP contribution is 2.37. The van der Waals surface area contributed by atoms with Crippen LogP contribution in [0.4, 0.5) is 10.1 Å². The summed E-state index contributed by atoms with van der Waals surface area (Å²) in [6, 6.07) is 20.0. The van der Waals surface area contributed by atoms with Crippen LogP contribution >= 0.6 is 0 Å². The van der Waals surface area contributed by atoms with Crippen molar-refractivity contribution >= 4 is 17.7 Å². The molecule has 0 aliphatic carbocycles. The lowest BCUT2D eigenvalue weighted by Gasteiger charge is -2.39. The maximum atomic E-state index is 13.5. The molecule has 0 saturated carbocycles. The molecule has 1 amide bonds. The van der Waals surface area contributed by atoms with Crippen molar-refractivity contribution in [2.24, 2.45) is 0 Å². The summed E-state index contributed by atoms with van der Waals surface area (Å²) in [6.07, 6.45) is 4.50. The molecule has 5 nitrogen and oxygen atoms in total. The third-order valence-corrected chi connectivity index (χ3v) is 5.79. The van der Waals surface area contributed by atoms with Crippen LogP contribution in [-0.2, 0) is 17.6 Å². The van der Waals surface area contributed by atoms with E-state index in [1.165, 1.54) is 25.3 Å². The van der Waals surface area contributed by atoms with Crippen molar-refractivity contribution < 1.29 is 19.5 Å². The van der Waals surface area contributed by atoms with Gasteiger partial charge in [-0.2, -0.15) is 0 Å². The summed E-state index contributed by atoms with van der Waals surface area (Å²) < 4.78 is 13.5. The highest BCUT2D eigenvalue weighted by Gasteiger charge is 2.28. The Morgan fingerprint density at radius 2 is 1.84 bits per heavy atom. The molecule has 0 fully saturated rings. The average molecular weight is 432 g/mol. The molecule has 0 aromatic heterocycles. The second kappa shape index (κ2) is 9.24. The zero-order chi connectivity index (χ0) is 22.7. The predicted octanol–water partition coefficient (Wildman–Crippen LogP) is 4.74. The van der Waals surface area contributed by atoms with Gasteiger partial charge in [0.1, 0.15) is 11.6 Å². The van der Waals surface area contributed by atoms with Crippen molar-refractivity contribution in [1.82, 2.24) is 5.06 Å². The van der Waals surface area contributed by atoms with Crippen LogP contribution in [-0.4, -0.2) is 34.9 Å². The number of aromatic hydroxyl groups is 1. The summed E-state index contributed by atoms with van der Waals surface area (Å²) >= 11 is 0. The first-order chi connectivity index (χ1) is 15.4. The molecule has 2 N–H and O–H groups in total. The lowest BCUT2D eigenvalue weighted by atomic mass is 9.88. The average Bonchev–Trinajstić information content (AvgIpc) is 2.79. The summed E-state index contributed by atoms with van der Waals surface area (Å²) in [7, 11) is 1.28. The van der Waals surface area contributed by atoms with Gasteiger partial charge in [0.15, 0.2) is 0 Å². The molecular formula is C26H25FN2O3. The molecule has 4 rings (SSSR count). The van der Waals surface area contributed by atoms with Crippen molar-refractivity contribution in [1.29, 1.82) is 0 Å². The number of anilines is 1. The van der Waals surface area contributed by atoms with Gasteiger partial charge in [-0.05, 0) is 77.6 Å². The Morgan fingerprint density at radius 3 is 2.53 bits per heavy atom. The van der Waals surface area contributed by atoms with Gasteiger partial charge < -0.3 is 10.0 Å². The molecule has 1 aliphatic heterocycles. The van der Waals surface area contributed by atoms with Gasteiger partial charge in [-0.15, -0.1) is 0 Å². The van der Waals surface area contributed by atoms with E-state index in [9.17, 15) is 14.3 Å². The zero-order valence-corrected chi connectivity index (χ0v) is 17.8. The summed E-state index contributed by atoms with van der Waals surface area (Å²) in [6.45, 7) is 0.768. The van der Waals surface area contributed by atoms with Crippen LogP contribution in [0.15, 0.2) is 72.8 Å². The second-order valence-corrected chi connectivity index (χ2v) is 7.96. The molecule has 0 saturated heterocycles. The van der Waals surface area contributed by atoms with E-state index in [0.29, 0.717) is 5.06 Å². The van der Waals surface area contributed by atoms with E-state index in [-0.39, 0.29) is 17.6 Å². The third kappa shape index (κ3) is 4.81. The molecule has 1 aliphatic rings. The molecular weight excluding hydrogens is 407 g/mol. The molecule has 32 heavy (non-hydrogen) atoms. The monoisotopic (exact) mass is 432 g/mol. The highest BCUT2D eigenvalue weighted by molar-refractivity contribution is 5.90. The van der Waals surface area contributed by atoms with Gasteiger partial charge in [0.2, 0.25) is 0 Å². The molecule has 3 aromatic carbocycles. The van der Waals surface area contributed by atoms with Crippen molar-refractivity contribution in [3.05, 3.63) is 101 Å². The van der Waals surface area contributed by atoms with Gasteiger partial charge in [-0.25, -0.2) is 9.45 Å². The number of benzene rings is 3. The van der Waals surface area contributed by atoms with Crippen LogP contribution in [0, 0.1) is 5.82 Å². The van der Waals surface area contributed by atoms with Gasteiger partial charge in [0.05, 0.1) is 6.04 Å². The van der Waals surface area contributed by atoms with Crippen molar-refractivity contribution in [3.8, 4) is 5.75 Å². The van der Waals surface area contributed by atoms with Gasteiger partial charge in [0.25, 0.3) is 5.91 Å². The molecule has 0 spiro atoms.